The van der Waals surface area contributed by atoms with E-state index >= 15 is 0 Å². The molecular weight excluding hydrogens is 662 g/mol. The predicted octanol–water partition coefficient (Wildman–Crippen LogP) is 3.58. The first kappa shape index (κ1) is 35.1. The zero-order valence-corrected chi connectivity index (χ0v) is 28.4. The van der Waals surface area contributed by atoms with Gasteiger partial charge in [0.05, 0.1) is 0 Å². The van der Waals surface area contributed by atoms with E-state index in [2.05, 4.69) is 112 Å². The van der Waals surface area contributed by atoms with Crippen molar-refractivity contribution in [2.24, 2.45) is 0 Å². The van der Waals surface area contributed by atoms with Crippen molar-refractivity contribution in [3.63, 3.8) is 0 Å². The van der Waals surface area contributed by atoms with Gasteiger partial charge in [-0.25, -0.2) is 0 Å². The summed E-state index contributed by atoms with van der Waals surface area (Å²) >= 11 is 1.45. The van der Waals surface area contributed by atoms with E-state index in [1.165, 1.54) is 94.9 Å². The molecule has 2 aliphatic rings. The van der Waals surface area contributed by atoms with Gasteiger partial charge in [-0.2, -0.15) is 35.5 Å². The maximum absolute atomic E-state index is 3.46. The quantitative estimate of drug-likeness (QED) is 0.292. The van der Waals surface area contributed by atoms with Crippen molar-refractivity contribution in [3.8, 4) is 0 Å². The Morgan fingerprint density at radius 3 is 1.31 bits per heavy atom. The third kappa shape index (κ3) is 14.1. The van der Waals surface area contributed by atoms with E-state index in [9.17, 15) is 0 Å². The van der Waals surface area contributed by atoms with Gasteiger partial charge in [-0.3, -0.25) is 0 Å². The topological polar surface area (TPSA) is 0 Å². The normalized spacial score (nSPS) is 13.3. The average Bonchev–Trinajstić information content (AvgIpc) is 3.53. The molecule has 0 bridgehead atoms. The van der Waals surface area contributed by atoms with Gasteiger partial charge < -0.3 is 24.8 Å². The van der Waals surface area contributed by atoms with Crippen LogP contribution in [0.5, 0.6) is 0 Å². The van der Waals surface area contributed by atoms with Gasteiger partial charge in [-0.1, -0.05) is 88.8 Å². The van der Waals surface area contributed by atoms with E-state index in [1.54, 1.807) is 0 Å². The zero-order valence-electron chi connectivity index (χ0n) is 22.3. The monoisotopic (exact) mass is 702 g/mol. The van der Waals surface area contributed by atoms with E-state index in [1.807, 2.05) is 0 Å². The molecule has 2 aromatic rings. The van der Waals surface area contributed by atoms with Gasteiger partial charge in [0.1, 0.15) is 0 Å². The summed E-state index contributed by atoms with van der Waals surface area (Å²) in [7, 11) is 0. The maximum atomic E-state index is 3.46. The van der Waals surface area contributed by atoms with Gasteiger partial charge in [0.2, 0.25) is 0 Å². The molecule has 2 aromatic carbocycles. The van der Waals surface area contributed by atoms with Crippen LogP contribution in [0, 0.1) is 12.2 Å². The third-order valence-corrected chi connectivity index (χ3v) is 5.58. The van der Waals surface area contributed by atoms with Crippen LogP contribution in [0.1, 0.15) is 76.3 Å². The van der Waals surface area contributed by atoms with Crippen LogP contribution < -0.4 is 24.8 Å². The molecule has 192 valence electrons. The van der Waals surface area contributed by atoms with Gasteiger partial charge in [-0.15, -0.1) is 46.5 Å². The minimum Gasteiger partial charge on any atom is -1.00 e. The average molecular weight is 702 g/mol. The molecule has 0 saturated heterocycles. The molecule has 0 amide bonds. The van der Waals surface area contributed by atoms with Crippen LogP contribution in [-0.4, -0.2) is 5.49 Å². The number of unbranched alkanes of at least 4 members (excludes halogenated alkanes) is 2. The van der Waals surface area contributed by atoms with E-state index in [0.717, 1.165) is 12.8 Å². The number of hydrogen-bond donors (Lipinski definition) is 0. The third-order valence-electron chi connectivity index (χ3n) is 5.58. The maximum Gasteiger partial charge on any atom is -1.00 e. The van der Waals surface area contributed by atoms with Crippen LogP contribution >= 0.6 is 0 Å². The van der Waals surface area contributed by atoms with Crippen molar-refractivity contribution in [2.45, 2.75) is 78.3 Å². The van der Waals surface area contributed by atoms with E-state index in [0.29, 0.717) is 0 Å². The molecule has 4 rings (SSSR count). The van der Waals surface area contributed by atoms with Crippen molar-refractivity contribution in [1.82, 2.24) is 0 Å². The Hall–Kier alpha value is -0.933. The molecule has 0 N–H and O–H groups in total. The molecule has 0 saturated carbocycles. The van der Waals surface area contributed by atoms with Crippen molar-refractivity contribution >= 4 is 16.6 Å². The number of allylic oxidation sites excluding steroid dienone is 8. The summed E-state index contributed by atoms with van der Waals surface area (Å²) in [5.74, 6) is 0. The Morgan fingerprint density at radius 2 is 1.00 bits per heavy atom. The second-order valence-electron chi connectivity index (χ2n) is 9.08. The summed E-state index contributed by atoms with van der Waals surface area (Å²) in [6.45, 7) is 9.14. The summed E-state index contributed by atoms with van der Waals surface area (Å²) in [6.07, 6.45) is 21.2. The van der Waals surface area contributed by atoms with E-state index in [-0.39, 0.29) is 30.3 Å². The largest absolute Gasteiger partial charge is 1.00 e. The molecule has 0 spiro atoms. The first-order valence-electron chi connectivity index (χ1n) is 12.8. The van der Waals surface area contributed by atoms with Crippen molar-refractivity contribution in [1.29, 1.82) is 0 Å². The predicted molar refractivity (Wildman–Crippen MR) is 148 cm³/mol. The molecule has 0 fully saturated rings. The Labute approximate surface area is 248 Å². The molecule has 0 aliphatic heterocycles. The van der Waals surface area contributed by atoms with E-state index in [4.69, 9.17) is 0 Å². The molecular formula is C32H40Cl2HfSi-2. The number of halogens is 2. The van der Waals surface area contributed by atoms with Crippen LogP contribution in [0.3, 0.4) is 0 Å². The summed E-state index contributed by atoms with van der Waals surface area (Å²) < 4.78 is 0. The molecule has 4 heteroatoms. The Morgan fingerprint density at radius 1 is 0.667 bits per heavy atom. The van der Waals surface area contributed by atoms with Gasteiger partial charge in [-0.05, 0) is 12.8 Å². The molecule has 0 heterocycles. The standard InChI is InChI=1S/2C15H17.C2H6Si.2ClH.Hf/c2*1-2-3-7-13-10-11-15(12-13)14-8-5-4-6-9-14;1-3-2;;;/h2*4-6,8-9,12H,2-3,7,10H2,1H3;1-2H3;2*1H;/q2*-1;;;;+2/p-2. The Bertz CT molecular complexity index is 923. The van der Waals surface area contributed by atoms with Crippen LogP contribution in [0.2, 0.25) is 13.1 Å². The number of benzene rings is 2. The first-order valence-corrected chi connectivity index (χ1v) is 20.7. The molecule has 0 unspecified atom stereocenters. The second kappa shape index (κ2) is 21.0. The molecule has 2 aliphatic carbocycles. The molecule has 0 atom stereocenters. The SMILES string of the molecule is CCCCC1=CC(c2ccccc2)=[C-]C1.CCCCC1=CC(c2ccccc2)=[C-]C1.C[Si](C)=[Hf+2].[Cl-].[Cl-]. The number of hydrogen-bond acceptors (Lipinski definition) is 0. The van der Waals surface area contributed by atoms with Gasteiger partial charge in [0.15, 0.2) is 0 Å². The summed E-state index contributed by atoms with van der Waals surface area (Å²) in [4.78, 5) is 0. The smallest absolute Gasteiger partial charge is 1.00 e. The fraction of sp³-hybridized carbons (Fsp3) is 0.375. The van der Waals surface area contributed by atoms with Crippen LogP contribution in [0.15, 0.2) is 84.0 Å². The van der Waals surface area contributed by atoms with E-state index < -0.39 is 0 Å². The Balaban J connectivity index is 0.000000566. The number of rotatable bonds is 8. The zero-order chi connectivity index (χ0) is 24.6. The summed E-state index contributed by atoms with van der Waals surface area (Å²) in [5.41, 5.74) is 8.48. The first-order chi connectivity index (χ1) is 16.5. The van der Waals surface area contributed by atoms with Crippen LogP contribution in [-0.2, 0) is 23.0 Å². The minimum atomic E-state index is 0. The van der Waals surface area contributed by atoms with Gasteiger partial charge in [0, 0.05) is 0 Å². The van der Waals surface area contributed by atoms with Gasteiger partial charge >= 0.3 is 41.6 Å². The van der Waals surface area contributed by atoms with Crippen molar-refractivity contribution in [2.75, 3.05) is 0 Å². The molecule has 36 heavy (non-hydrogen) atoms. The minimum absolute atomic E-state index is 0. The molecule has 0 nitrogen and oxygen atoms in total. The summed E-state index contributed by atoms with van der Waals surface area (Å²) in [6, 6.07) is 21.1. The van der Waals surface area contributed by atoms with Crippen LogP contribution in [0.4, 0.5) is 0 Å². The van der Waals surface area contributed by atoms with Crippen molar-refractivity contribution in [3.05, 3.63) is 107 Å². The Kier molecular flexibility index (Phi) is 20.5. The van der Waals surface area contributed by atoms with Crippen molar-refractivity contribution < 1.29 is 47.8 Å². The van der Waals surface area contributed by atoms with Crippen LogP contribution in [0.25, 0.3) is 11.1 Å². The van der Waals surface area contributed by atoms with Gasteiger partial charge in [0.25, 0.3) is 0 Å². The fourth-order valence-electron chi connectivity index (χ4n) is 3.76. The fourth-order valence-corrected chi connectivity index (χ4v) is 3.76. The summed E-state index contributed by atoms with van der Waals surface area (Å²) in [5, 5.41) is 0. The molecule has 0 aromatic heterocycles. The second-order valence-corrected chi connectivity index (χ2v) is 21.9. The molecule has 0 radical (unpaired) electrons.